The molecule has 1 aromatic heterocycles. The van der Waals surface area contributed by atoms with Gasteiger partial charge in [-0.25, -0.2) is 4.98 Å². The molecule has 1 aromatic carbocycles. The molecule has 1 aliphatic heterocycles. The van der Waals surface area contributed by atoms with Crippen molar-refractivity contribution in [1.82, 2.24) is 15.6 Å². The Morgan fingerprint density at radius 1 is 1.48 bits per heavy atom. The highest BCUT2D eigenvalue weighted by Crippen LogP contribution is 2.22. The van der Waals surface area contributed by atoms with Crippen LogP contribution in [0, 0.1) is 6.92 Å². The molecular weight excluding hydrogens is 282 g/mol. The molecule has 1 atom stereocenters. The van der Waals surface area contributed by atoms with E-state index >= 15 is 0 Å². The van der Waals surface area contributed by atoms with Gasteiger partial charge in [-0.2, -0.15) is 0 Å². The van der Waals surface area contributed by atoms with Gasteiger partial charge in [0.25, 0.3) is 0 Å². The SMILES string of the molecule is Cc1csc(CCNC(=O)C2NCCc3ccccc32)n1. The summed E-state index contributed by atoms with van der Waals surface area (Å²) in [5.41, 5.74) is 3.42. The predicted octanol–water partition coefficient (Wildman–Crippen LogP) is 2.00. The largest absolute Gasteiger partial charge is 0.354 e. The molecule has 4 nitrogen and oxygen atoms in total. The summed E-state index contributed by atoms with van der Waals surface area (Å²) in [7, 11) is 0. The Hall–Kier alpha value is -1.72. The minimum Gasteiger partial charge on any atom is -0.354 e. The van der Waals surface area contributed by atoms with Gasteiger partial charge >= 0.3 is 0 Å². The van der Waals surface area contributed by atoms with Gasteiger partial charge < -0.3 is 10.6 Å². The zero-order valence-corrected chi connectivity index (χ0v) is 12.9. The summed E-state index contributed by atoms with van der Waals surface area (Å²) in [5, 5.41) is 9.43. The monoisotopic (exact) mass is 301 g/mol. The number of nitrogens with one attached hydrogen (secondary N) is 2. The molecule has 1 amide bonds. The van der Waals surface area contributed by atoms with Crippen LogP contribution in [-0.4, -0.2) is 24.0 Å². The molecule has 2 N–H and O–H groups in total. The van der Waals surface area contributed by atoms with Crippen LogP contribution in [0.3, 0.4) is 0 Å². The average Bonchev–Trinajstić information content (AvgIpc) is 2.92. The van der Waals surface area contributed by atoms with E-state index in [0.29, 0.717) is 6.54 Å². The fourth-order valence-electron chi connectivity index (χ4n) is 2.65. The molecule has 1 unspecified atom stereocenters. The Morgan fingerprint density at radius 3 is 3.14 bits per heavy atom. The van der Waals surface area contributed by atoms with E-state index in [9.17, 15) is 4.79 Å². The lowest BCUT2D eigenvalue weighted by atomic mass is 9.94. The van der Waals surface area contributed by atoms with Crippen LogP contribution in [0.15, 0.2) is 29.6 Å². The zero-order chi connectivity index (χ0) is 14.7. The lowest BCUT2D eigenvalue weighted by Crippen LogP contribution is -2.41. The summed E-state index contributed by atoms with van der Waals surface area (Å²) in [4.78, 5) is 16.8. The summed E-state index contributed by atoms with van der Waals surface area (Å²) in [6.45, 7) is 3.47. The summed E-state index contributed by atoms with van der Waals surface area (Å²) in [6, 6.07) is 7.94. The van der Waals surface area contributed by atoms with E-state index in [0.717, 1.165) is 35.7 Å². The number of thiazole rings is 1. The van der Waals surface area contributed by atoms with Crippen molar-refractivity contribution in [2.45, 2.75) is 25.8 Å². The van der Waals surface area contributed by atoms with Crippen molar-refractivity contribution in [3.8, 4) is 0 Å². The van der Waals surface area contributed by atoms with Crippen LogP contribution < -0.4 is 10.6 Å². The van der Waals surface area contributed by atoms with Crippen molar-refractivity contribution in [1.29, 1.82) is 0 Å². The van der Waals surface area contributed by atoms with Crippen molar-refractivity contribution in [2.24, 2.45) is 0 Å². The molecule has 110 valence electrons. The second-order valence-corrected chi connectivity index (χ2v) is 6.20. The molecule has 1 aliphatic rings. The number of hydrogen-bond acceptors (Lipinski definition) is 4. The second kappa shape index (κ2) is 6.37. The van der Waals surface area contributed by atoms with Crippen molar-refractivity contribution < 1.29 is 4.79 Å². The molecule has 5 heteroatoms. The van der Waals surface area contributed by atoms with Crippen LogP contribution in [0.25, 0.3) is 0 Å². The number of aromatic nitrogens is 1. The molecule has 2 aromatic rings. The first-order valence-electron chi connectivity index (χ1n) is 7.24. The highest BCUT2D eigenvalue weighted by molar-refractivity contribution is 7.09. The third-order valence-corrected chi connectivity index (χ3v) is 4.70. The number of hydrogen-bond donors (Lipinski definition) is 2. The van der Waals surface area contributed by atoms with E-state index in [4.69, 9.17) is 0 Å². The summed E-state index contributed by atoms with van der Waals surface area (Å²) in [5.74, 6) is 0.0513. The van der Waals surface area contributed by atoms with E-state index in [2.05, 4.69) is 21.7 Å². The third kappa shape index (κ3) is 3.31. The molecule has 21 heavy (non-hydrogen) atoms. The maximum Gasteiger partial charge on any atom is 0.241 e. The maximum absolute atomic E-state index is 12.4. The van der Waals surface area contributed by atoms with Crippen molar-refractivity contribution in [2.75, 3.05) is 13.1 Å². The molecule has 0 saturated heterocycles. The van der Waals surface area contributed by atoms with Gasteiger partial charge in [0.05, 0.1) is 5.01 Å². The average molecular weight is 301 g/mol. The van der Waals surface area contributed by atoms with Crippen LogP contribution in [0.2, 0.25) is 0 Å². The molecule has 0 radical (unpaired) electrons. The molecular formula is C16H19N3OS. The molecule has 0 fully saturated rings. The molecule has 3 rings (SSSR count). The van der Waals surface area contributed by atoms with Gasteiger partial charge in [0.1, 0.15) is 6.04 Å². The van der Waals surface area contributed by atoms with Gasteiger partial charge in [-0.3, -0.25) is 4.79 Å². The number of fused-ring (bicyclic) bond motifs is 1. The first-order valence-corrected chi connectivity index (χ1v) is 8.12. The number of carbonyl (C=O) groups is 1. The normalized spacial score (nSPS) is 17.3. The minimum atomic E-state index is -0.229. The Bertz CT molecular complexity index is 638. The van der Waals surface area contributed by atoms with E-state index in [-0.39, 0.29) is 11.9 Å². The minimum absolute atomic E-state index is 0.0513. The first kappa shape index (κ1) is 14.2. The van der Waals surface area contributed by atoms with Crippen LogP contribution in [0.5, 0.6) is 0 Å². The van der Waals surface area contributed by atoms with E-state index in [1.54, 1.807) is 11.3 Å². The van der Waals surface area contributed by atoms with Crippen molar-refractivity contribution in [3.63, 3.8) is 0 Å². The standard InChI is InChI=1S/C16H19N3OS/c1-11-10-21-14(19-11)7-9-18-16(20)15-13-5-3-2-4-12(13)6-8-17-15/h2-5,10,15,17H,6-9H2,1H3,(H,18,20). The molecule has 0 bridgehead atoms. The van der Waals surface area contributed by atoms with E-state index in [1.165, 1.54) is 5.56 Å². The Labute approximate surface area is 128 Å². The first-order chi connectivity index (χ1) is 10.2. The molecule has 0 aliphatic carbocycles. The smallest absolute Gasteiger partial charge is 0.241 e. The van der Waals surface area contributed by atoms with Crippen LogP contribution in [-0.2, 0) is 17.6 Å². The quantitative estimate of drug-likeness (QED) is 0.908. The Balaban J connectivity index is 1.59. The molecule has 0 spiro atoms. The molecule has 0 saturated carbocycles. The molecule has 2 heterocycles. The number of amides is 1. The lowest BCUT2D eigenvalue weighted by molar-refractivity contribution is -0.123. The summed E-state index contributed by atoms with van der Waals surface area (Å²) in [6.07, 6.45) is 1.77. The fourth-order valence-corrected chi connectivity index (χ4v) is 3.43. The predicted molar refractivity (Wildman–Crippen MR) is 84.5 cm³/mol. The van der Waals surface area contributed by atoms with Gasteiger partial charge in [-0.15, -0.1) is 11.3 Å². The van der Waals surface area contributed by atoms with Crippen LogP contribution in [0.4, 0.5) is 0 Å². The maximum atomic E-state index is 12.4. The number of carbonyl (C=O) groups excluding carboxylic acids is 1. The number of nitrogens with zero attached hydrogens (tertiary/aromatic N) is 1. The summed E-state index contributed by atoms with van der Waals surface area (Å²) < 4.78 is 0. The number of benzene rings is 1. The number of rotatable bonds is 4. The van der Waals surface area contributed by atoms with Gasteiger partial charge in [0.2, 0.25) is 5.91 Å². The Morgan fingerprint density at radius 2 is 2.33 bits per heavy atom. The third-order valence-electron chi connectivity index (χ3n) is 3.68. The van der Waals surface area contributed by atoms with Gasteiger partial charge in [-0.05, 0) is 24.5 Å². The Kier molecular flexibility index (Phi) is 4.31. The van der Waals surface area contributed by atoms with Gasteiger partial charge in [-0.1, -0.05) is 24.3 Å². The second-order valence-electron chi connectivity index (χ2n) is 5.26. The zero-order valence-electron chi connectivity index (χ0n) is 12.1. The van der Waals surface area contributed by atoms with Crippen LogP contribution in [0.1, 0.15) is 27.9 Å². The highest BCUT2D eigenvalue weighted by atomic mass is 32.1. The topological polar surface area (TPSA) is 54.0 Å². The van der Waals surface area contributed by atoms with Gasteiger partial charge in [0, 0.05) is 30.6 Å². The fraction of sp³-hybridized carbons (Fsp3) is 0.375. The summed E-state index contributed by atoms with van der Waals surface area (Å²) >= 11 is 1.65. The van der Waals surface area contributed by atoms with E-state index in [1.807, 2.05) is 30.5 Å². The number of aryl methyl sites for hydroxylation is 1. The van der Waals surface area contributed by atoms with E-state index < -0.39 is 0 Å². The van der Waals surface area contributed by atoms with Crippen LogP contribution >= 0.6 is 11.3 Å². The van der Waals surface area contributed by atoms with Crippen molar-refractivity contribution >= 4 is 17.2 Å². The van der Waals surface area contributed by atoms with Gasteiger partial charge in [0.15, 0.2) is 0 Å². The van der Waals surface area contributed by atoms with Crippen molar-refractivity contribution in [3.05, 3.63) is 51.5 Å². The lowest BCUT2D eigenvalue weighted by Gasteiger charge is -2.26. The highest BCUT2D eigenvalue weighted by Gasteiger charge is 2.25.